The highest BCUT2D eigenvalue weighted by Gasteiger charge is 2.21. The molecule has 0 N–H and O–H groups in total. The van der Waals surface area contributed by atoms with E-state index in [4.69, 9.17) is 9.47 Å². The minimum atomic E-state index is -0.577. The van der Waals surface area contributed by atoms with E-state index in [0.29, 0.717) is 0 Å². The van der Waals surface area contributed by atoms with Gasteiger partial charge in [0.2, 0.25) is 5.79 Å². The van der Waals surface area contributed by atoms with Crippen LogP contribution in [0.15, 0.2) is 24.0 Å². The fraction of sp³-hybridized carbons (Fsp3) is 0.714. The van der Waals surface area contributed by atoms with Gasteiger partial charge in [-0.15, -0.1) is 0 Å². The predicted octanol–water partition coefficient (Wildman–Crippen LogP) is 4.42. The Kier molecular flexibility index (Phi) is 7.15. The summed E-state index contributed by atoms with van der Waals surface area (Å²) < 4.78 is 11.5. The van der Waals surface area contributed by atoms with Crippen molar-refractivity contribution >= 4 is 0 Å². The maximum atomic E-state index is 5.80. The Labute approximate surface area is 100 Å². The van der Waals surface area contributed by atoms with Crippen LogP contribution in [-0.4, -0.2) is 11.9 Å². The minimum Gasteiger partial charge on any atom is -0.463 e. The van der Waals surface area contributed by atoms with Crippen LogP contribution in [0, 0.1) is 0 Å². The van der Waals surface area contributed by atoms with Crippen LogP contribution in [0.25, 0.3) is 0 Å². The van der Waals surface area contributed by atoms with E-state index in [-0.39, 0.29) is 6.10 Å². The SMILES string of the molecule is C/C=C(\C=C/CCC)OC(C)(C)OC(C)C. The molecule has 0 aliphatic heterocycles. The second kappa shape index (κ2) is 7.50. The van der Waals surface area contributed by atoms with Crippen LogP contribution in [-0.2, 0) is 9.47 Å². The van der Waals surface area contributed by atoms with Gasteiger partial charge in [-0.1, -0.05) is 19.4 Å². The molecule has 2 heteroatoms. The maximum Gasteiger partial charge on any atom is 0.205 e. The molecule has 0 aliphatic rings. The highest BCUT2D eigenvalue weighted by atomic mass is 16.7. The smallest absolute Gasteiger partial charge is 0.205 e. The van der Waals surface area contributed by atoms with Gasteiger partial charge in [-0.3, -0.25) is 0 Å². The third kappa shape index (κ3) is 7.52. The van der Waals surface area contributed by atoms with Gasteiger partial charge < -0.3 is 9.47 Å². The van der Waals surface area contributed by atoms with Crippen LogP contribution in [0.5, 0.6) is 0 Å². The van der Waals surface area contributed by atoms with Crippen molar-refractivity contribution in [1.82, 2.24) is 0 Å². The minimum absolute atomic E-state index is 0.160. The summed E-state index contributed by atoms with van der Waals surface area (Å²) in [7, 11) is 0. The molecule has 0 aromatic rings. The molecule has 0 spiro atoms. The Balaban J connectivity index is 4.31. The van der Waals surface area contributed by atoms with Gasteiger partial charge in [0.25, 0.3) is 0 Å². The average Bonchev–Trinajstić information content (AvgIpc) is 2.14. The molecule has 16 heavy (non-hydrogen) atoms. The lowest BCUT2D eigenvalue weighted by Crippen LogP contribution is -2.30. The number of rotatable bonds is 7. The zero-order valence-electron chi connectivity index (χ0n) is 11.5. The quantitative estimate of drug-likeness (QED) is 0.363. The molecular weight excluding hydrogens is 200 g/mol. The molecule has 0 saturated heterocycles. The predicted molar refractivity (Wildman–Crippen MR) is 69.2 cm³/mol. The summed E-state index contributed by atoms with van der Waals surface area (Å²) in [5.74, 6) is 0.283. The van der Waals surface area contributed by atoms with Gasteiger partial charge in [-0.25, -0.2) is 0 Å². The van der Waals surface area contributed by atoms with Gasteiger partial charge in [0.1, 0.15) is 5.76 Å². The normalized spacial score (nSPS) is 13.8. The third-order valence-electron chi connectivity index (χ3n) is 1.91. The van der Waals surface area contributed by atoms with Gasteiger partial charge in [0.05, 0.1) is 6.10 Å². The van der Waals surface area contributed by atoms with Crippen LogP contribution >= 0.6 is 0 Å². The average molecular weight is 226 g/mol. The van der Waals surface area contributed by atoms with Crippen molar-refractivity contribution in [2.75, 3.05) is 0 Å². The standard InChI is InChI=1S/C14H26O2/c1-7-9-10-11-13(8-2)16-14(5,6)15-12(3)4/h8,10-12H,7,9H2,1-6H3/b11-10-,13-8+. The molecule has 0 fully saturated rings. The Morgan fingerprint density at radius 2 is 1.94 bits per heavy atom. The molecule has 94 valence electrons. The lowest BCUT2D eigenvalue weighted by Gasteiger charge is -2.29. The number of allylic oxidation sites excluding steroid dienone is 3. The van der Waals surface area contributed by atoms with Crippen molar-refractivity contribution in [3.05, 3.63) is 24.0 Å². The van der Waals surface area contributed by atoms with E-state index in [1.165, 1.54) is 0 Å². The van der Waals surface area contributed by atoms with Crippen molar-refractivity contribution in [1.29, 1.82) is 0 Å². The number of unbranched alkanes of at least 4 members (excludes halogenated alkanes) is 1. The fourth-order valence-electron chi connectivity index (χ4n) is 1.43. The van der Waals surface area contributed by atoms with Crippen molar-refractivity contribution in [3.8, 4) is 0 Å². The topological polar surface area (TPSA) is 18.5 Å². The first-order chi connectivity index (χ1) is 7.41. The highest BCUT2D eigenvalue weighted by molar-refractivity contribution is 5.11. The molecule has 0 amide bonds. The van der Waals surface area contributed by atoms with Crippen LogP contribution in [0.3, 0.4) is 0 Å². The van der Waals surface area contributed by atoms with Crippen LogP contribution in [0.4, 0.5) is 0 Å². The van der Waals surface area contributed by atoms with Gasteiger partial charge in [-0.2, -0.15) is 0 Å². The van der Waals surface area contributed by atoms with Gasteiger partial charge >= 0.3 is 0 Å². The van der Waals surface area contributed by atoms with E-state index in [1.807, 2.05) is 46.8 Å². The van der Waals surface area contributed by atoms with Gasteiger partial charge in [0.15, 0.2) is 0 Å². The molecule has 0 atom stereocenters. The maximum absolute atomic E-state index is 5.80. The van der Waals surface area contributed by atoms with Crippen LogP contribution < -0.4 is 0 Å². The van der Waals surface area contributed by atoms with E-state index in [9.17, 15) is 0 Å². The molecule has 0 aromatic heterocycles. The van der Waals surface area contributed by atoms with Crippen molar-refractivity contribution in [2.24, 2.45) is 0 Å². The summed E-state index contributed by atoms with van der Waals surface area (Å²) in [6.45, 7) is 12.0. The van der Waals surface area contributed by atoms with Crippen LogP contribution in [0.2, 0.25) is 0 Å². The fourth-order valence-corrected chi connectivity index (χ4v) is 1.43. The Morgan fingerprint density at radius 1 is 1.31 bits per heavy atom. The zero-order valence-corrected chi connectivity index (χ0v) is 11.5. The lowest BCUT2D eigenvalue weighted by atomic mass is 10.3. The zero-order chi connectivity index (χ0) is 12.6. The molecule has 0 rings (SSSR count). The summed E-state index contributed by atoms with van der Waals surface area (Å²) >= 11 is 0. The van der Waals surface area contributed by atoms with E-state index in [0.717, 1.165) is 18.6 Å². The molecule has 0 aliphatic carbocycles. The summed E-state index contributed by atoms with van der Waals surface area (Å²) in [5.41, 5.74) is 0. The molecule has 0 heterocycles. The number of hydrogen-bond acceptors (Lipinski definition) is 2. The molecule has 2 nitrogen and oxygen atoms in total. The Bertz CT molecular complexity index is 237. The second-order valence-corrected chi connectivity index (χ2v) is 4.55. The second-order valence-electron chi connectivity index (χ2n) is 4.55. The molecule has 0 aromatic carbocycles. The monoisotopic (exact) mass is 226 g/mol. The van der Waals surface area contributed by atoms with E-state index in [1.54, 1.807) is 0 Å². The van der Waals surface area contributed by atoms with Crippen molar-refractivity contribution in [3.63, 3.8) is 0 Å². The first-order valence-corrected chi connectivity index (χ1v) is 6.11. The lowest BCUT2D eigenvalue weighted by molar-refractivity contribution is -0.207. The third-order valence-corrected chi connectivity index (χ3v) is 1.91. The highest BCUT2D eigenvalue weighted by Crippen LogP contribution is 2.19. The van der Waals surface area contributed by atoms with E-state index >= 15 is 0 Å². The number of ether oxygens (including phenoxy) is 2. The molecule has 0 unspecified atom stereocenters. The molecular formula is C14H26O2. The summed E-state index contributed by atoms with van der Waals surface area (Å²) in [6.07, 6.45) is 8.48. The summed E-state index contributed by atoms with van der Waals surface area (Å²) in [5, 5.41) is 0. The Morgan fingerprint density at radius 3 is 2.38 bits per heavy atom. The van der Waals surface area contributed by atoms with Crippen molar-refractivity contribution < 1.29 is 9.47 Å². The molecule has 0 bridgehead atoms. The van der Waals surface area contributed by atoms with E-state index in [2.05, 4.69) is 13.0 Å². The Hall–Kier alpha value is -0.760. The van der Waals surface area contributed by atoms with Crippen LogP contribution in [0.1, 0.15) is 54.4 Å². The first kappa shape index (κ1) is 15.2. The largest absolute Gasteiger partial charge is 0.463 e. The van der Waals surface area contributed by atoms with Gasteiger partial charge in [-0.05, 0) is 39.3 Å². The molecule has 0 saturated carbocycles. The number of hydrogen-bond donors (Lipinski definition) is 0. The molecule has 0 radical (unpaired) electrons. The van der Waals surface area contributed by atoms with Gasteiger partial charge in [0, 0.05) is 13.8 Å². The van der Waals surface area contributed by atoms with E-state index < -0.39 is 5.79 Å². The first-order valence-electron chi connectivity index (χ1n) is 6.11. The van der Waals surface area contributed by atoms with Crippen molar-refractivity contribution in [2.45, 2.75) is 66.3 Å². The summed E-state index contributed by atoms with van der Waals surface area (Å²) in [6, 6.07) is 0. The summed E-state index contributed by atoms with van der Waals surface area (Å²) in [4.78, 5) is 0.